The summed E-state index contributed by atoms with van der Waals surface area (Å²) in [4.78, 5) is 18.1. The highest BCUT2D eigenvalue weighted by Crippen LogP contribution is 2.37. The molecule has 7 N–H and O–H groups in total. The number of nitrogens with zero attached hydrogens (tertiary/aromatic N) is 3. The standard InChI is InChI=1S/C18H25BN4O7/c1-22-8-12(21-9-22)15(20)17(25)23-6-11(7-23)30-13-3-2-10(4-5-19(28)29)16(24)14(13)18(26)27/h2-3,8-9,11,15,18,24,26-29H,4-7,20H2,1H3. The summed E-state index contributed by atoms with van der Waals surface area (Å²) in [6, 6.07) is 2.10. The molecule has 162 valence electrons. The number of aryl methyl sites for hydroxylation is 2. The van der Waals surface area contributed by atoms with Crippen molar-refractivity contribution in [2.24, 2.45) is 12.8 Å². The van der Waals surface area contributed by atoms with Gasteiger partial charge in [0.25, 0.3) is 0 Å². The molecule has 2 aromatic rings. The van der Waals surface area contributed by atoms with Gasteiger partial charge in [-0.05, 0) is 24.4 Å². The highest BCUT2D eigenvalue weighted by Gasteiger charge is 2.36. The molecule has 3 rings (SSSR count). The summed E-state index contributed by atoms with van der Waals surface area (Å²) in [7, 11) is 0.236. The van der Waals surface area contributed by atoms with Gasteiger partial charge in [0.2, 0.25) is 5.91 Å². The predicted octanol–water partition coefficient (Wildman–Crippen LogP) is -1.59. The van der Waals surface area contributed by atoms with Gasteiger partial charge in [0.1, 0.15) is 23.6 Å². The highest BCUT2D eigenvalue weighted by molar-refractivity contribution is 6.41. The smallest absolute Gasteiger partial charge is 0.451 e. The van der Waals surface area contributed by atoms with Crippen LogP contribution in [-0.2, 0) is 18.3 Å². The predicted molar refractivity (Wildman–Crippen MR) is 105 cm³/mol. The molecule has 30 heavy (non-hydrogen) atoms. The van der Waals surface area contributed by atoms with Crippen molar-refractivity contribution in [1.29, 1.82) is 0 Å². The number of hydrogen-bond acceptors (Lipinski definition) is 9. The minimum absolute atomic E-state index is 0.0229. The van der Waals surface area contributed by atoms with E-state index in [1.165, 1.54) is 17.0 Å². The Balaban J connectivity index is 1.63. The fourth-order valence-electron chi connectivity index (χ4n) is 3.26. The lowest BCUT2D eigenvalue weighted by molar-refractivity contribution is -0.141. The van der Waals surface area contributed by atoms with Crippen molar-refractivity contribution in [2.45, 2.75) is 31.2 Å². The zero-order valence-electron chi connectivity index (χ0n) is 16.4. The molecule has 1 aliphatic rings. The van der Waals surface area contributed by atoms with E-state index >= 15 is 0 Å². The van der Waals surface area contributed by atoms with Gasteiger partial charge in [-0.25, -0.2) is 4.98 Å². The van der Waals surface area contributed by atoms with Gasteiger partial charge in [0.05, 0.1) is 30.7 Å². The number of carbonyl (C=O) groups excluding carboxylic acids is 1. The average molecular weight is 420 g/mol. The van der Waals surface area contributed by atoms with Gasteiger partial charge >= 0.3 is 7.12 Å². The largest absolute Gasteiger partial charge is 0.507 e. The molecule has 1 atom stereocenters. The zero-order chi connectivity index (χ0) is 22.0. The van der Waals surface area contributed by atoms with E-state index in [4.69, 9.17) is 20.5 Å². The van der Waals surface area contributed by atoms with Crippen LogP contribution in [0.4, 0.5) is 0 Å². The Hall–Kier alpha value is -2.64. The third kappa shape index (κ3) is 4.74. The lowest BCUT2D eigenvalue weighted by Crippen LogP contribution is -2.58. The Morgan fingerprint density at radius 1 is 1.37 bits per heavy atom. The van der Waals surface area contributed by atoms with E-state index in [-0.39, 0.29) is 48.8 Å². The van der Waals surface area contributed by atoms with Crippen LogP contribution in [0.15, 0.2) is 24.7 Å². The first kappa shape index (κ1) is 22.1. The van der Waals surface area contributed by atoms with Gasteiger partial charge < -0.3 is 45.3 Å². The van der Waals surface area contributed by atoms with Crippen molar-refractivity contribution < 1.29 is 34.9 Å². The molecule has 0 spiro atoms. The molecule has 0 aliphatic carbocycles. The number of phenols is 1. The molecular weight excluding hydrogens is 395 g/mol. The van der Waals surface area contributed by atoms with Crippen LogP contribution in [0.25, 0.3) is 0 Å². The Kier molecular flexibility index (Phi) is 6.63. The molecule has 1 amide bonds. The number of aromatic nitrogens is 2. The third-order valence-electron chi connectivity index (χ3n) is 4.95. The van der Waals surface area contributed by atoms with Crippen LogP contribution in [0.5, 0.6) is 11.5 Å². The van der Waals surface area contributed by atoms with Gasteiger partial charge in [-0.15, -0.1) is 0 Å². The lowest BCUT2D eigenvalue weighted by atomic mass is 9.82. The Morgan fingerprint density at radius 2 is 2.07 bits per heavy atom. The first-order chi connectivity index (χ1) is 14.2. The summed E-state index contributed by atoms with van der Waals surface area (Å²) in [6.07, 6.45) is 0.932. The summed E-state index contributed by atoms with van der Waals surface area (Å²) in [5.74, 6) is -0.605. The van der Waals surface area contributed by atoms with Crippen LogP contribution in [-0.4, -0.2) is 72.0 Å². The van der Waals surface area contributed by atoms with Gasteiger partial charge in [-0.3, -0.25) is 4.79 Å². The topological polar surface area (TPSA) is 175 Å². The number of rotatable bonds is 8. The molecule has 1 aromatic heterocycles. The highest BCUT2D eigenvalue weighted by atomic mass is 16.5. The maximum atomic E-state index is 12.5. The maximum absolute atomic E-state index is 12.5. The molecule has 1 saturated heterocycles. The van der Waals surface area contributed by atoms with Crippen molar-refractivity contribution in [1.82, 2.24) is 14.5 Å². The number of hydrogen-bond donors (Lipinski definition) is 6. The minimum atomic E-state index is -1.99. The molecule has 1 aliphatic heterocycles. The number of nitrogens with two attached hydrogens (primary N) is 1. The number of amides is 1. The summed E-state index contributed by atoms with van der Waals surface area (Å²) in [6.45, 7) is 0.499. The number of aliphatic hydroxyl groups is 2. The monoisotopic (exact) mass is 420 g/mol. The first-order valence-corrected chi connectivity index (χ1v) is 9.43. The SMILES string of the molecule is Cn1cnc(C(N)C(=O)N2CC(Oc3ccc(CCB(O)O)c(O)c3C(O)O)C2)c1. The molecule has 1 unspecified atom stereocenters. The molecule has 2 heterocycles. The van der Waals surface area contributed by atoms with Gasteiger partial charge in [-0.1, -0.05) is 6.07 Å². The summed E-state index contributed by atoms with van der Waals surface area (Å²) in [5, 5.41) is 47.6. The fraction of sp³-hybridized carbons (Fsp3) is 0.444. The van der Waals surface area contributed by atoms with Crippen molar-refractivity contribution in [3.8, 4) is 11.5 Å². The number of phenolic OH excluding ortho intramolecular Hbond substituents is 1. The Morgan fingerprint density at radius 3 is 2.63 bits per heavy atom. The fourth-order valence-corrected chi connectivity index (χ4v) is 3.26. The van der Waals surface area contributed by atoms with Crippen LogP contribution in [0.1, 0.15) is 29.2 Å². The number of carbonyl (C=O) groups is 1. The van der Waals surface area contributed by atoms with E-state index in [0.29, 0.717) is 11.3 Å². The number of aromatic hydroxyl groups is 1. The maximum Gasteiger partial charge on any atom is 0.451 e. The number of benzene rings is 1. The van der Waals surface area contributed by atoms with Crippen LogP contribution < -0.4 is 10.5 Å². The van der Waals surface area contributed by atoms with E-state index < -0.39 is 25.6 Å². The average Bonchev–Trinajstić information content (AvgIpc) is 3.08. The second-order valence-corrected chi connectivity index (χ2v) is 7.30. The van der Waals surface area contributed by atoms with E-state index in [1.807, 2.05) is 0 Å². The van der Waals surface area contributed by atoms with Crippen LogP contribution in [0, 0.1) is 0 Å². The molecular formula is C18H25BN4O7. The van der Waals surface area contributed by atoms with Crippen molar-refractivity contribution in [2.75, 3.05) is 13.1 Å². The molecule has 0 bridgehead atoms. The molecule has 1 aromatic carbocycles. The number of likely N-dealkylation sites (tertiary alicyclic amines) is 1. The van der Waals surface area contributed by atoms with Crippen LogP contribution in [0.2, 0.25) is 6.32 Å². The second kappa shape index (κ2) is 9.02. The molecule has 0 radical (unpaired) electrons. The molecule has 11 nitrogen and oxygen atoms in total. The van der Waals surface area contributed by atoms with Crippen molar-refractivity contribution >= 4 is 13.0 Å². The second-order valence-electron chi connectivity index (χ2n) is 7.30. The van der Waals surface area contributed by atoms with Gasteiger partial charge in [0.15, 0.2) is 6.29 Å². The van der Waals surface area contributed by atoms with Crippen LogP contribution >= 0.6 is 0 Å². The zero-order valence-corrected chi connectivity index (χ0v) is 16.4. The normalized spacial score (nSPS) is 15.2. The molecule has 12 heteroatoms. The number of ether oxygens (including phenoxy) is 1. The minimum Gasteiger partial charge on any atom is -0.507 e. The quantitative estimate of drug-likeness (QED) is 0.217. The van der Waals surface area contributed by atoms with Crippen LogP contribution in [0.3, 0.4) is 0 Å². The summed E-state index contributed by atoms with van der Waals surface area (Å²) < 4.78 is 7.44. The first-order valence-electron chi connectivity index (χ1n) is 9.43. The van der Waals surface area contributed by atoms with E-state index in [1.54, 1.807) is 24.1 Å². The van der Waals surface area contributed by atoms with E-state index in [9.17, 15) is 20.1 Å². The number of aliphatic hydroxyl groups excluding tert-OH is 1. The van der Waals surface area contributed by atoms with Crippen molar-refractivity contribution in [3.05, 3.63) is 41.5 Å². The van der Waals surface area contributed by atoms with E-state index in [0.717, 1.165) is 0 Å². The van der Waals surface area contributed by atoms with Gasteiger partial charge in [0, 0.05) is 13.2 Å². The summed E-state index contributed by atoms with van der Waals surface area (Å²) in [5.41, 5.74) is 6.54. The lowest BCUT2D eigenvalue weighted by Gasteiger charge is -2.40. The summed E-state index contributed by atoms with van der Waals surface area (Å²) >= 11 is 0. The molecule has 0 saturated carbocycles. The van der Waals surface area contributed by atoms with Gasteiger partial charge in [-0.2, -0.15) is 0 Å². The molecule has 1 fully saturated rings. The third-order valence-corrected chi connectivity index (χ3v) is 4.95. The van der Waals surface area contributed by atoms with Crippen molar-refractivity contribution in [3.63, 3.8) is 0 Å². The Bertz CT molecular complexity index is 899. The van der Waals surface area contributed by atoms with E-state index in [2.05, 4.69) is 4.98 Å². The Labute approximate surface area is 173 Å². The number of imidazole rings is 1.